The van der Waals surface area contributed by atoms with E-state index in [0.29, 0.717) is 23.6 Å². The summed E-state index contributed by atoms with van der Waals surface area (Å²) >= 11 is 5.26. The fourth-order valence-electron chi connectivity index (χ4n) is 3.26. The van der Waals surface area contributed by atoms with E-state index in [4.69, 9.17) is 21.4 Å². The number of hydrogen-bond donors (Lipinski definition) is 2. The zero-order valence-electron chi connectivity index (χ0n) is 18.1. The van der Waals surface area contributed by atoms with E-state index in [0.717, 1.165) is 22.4 Å². The van der Waals surface area contributed by atoms with Crippen molar-refractivity contribution in [3.63, 3.8) is 0 Å². The van der Waals surface area contributed by atoms with Crippen LogP contribution in [0.5, 0.6) is 5.75 Å². The van der Waals surface area contributed by atoms with Gasteiger partial charge in [0.05, 0.1) is 7.11 Å². The quantitative estimate of drug-likeness (QED) is 0.413. The third-order valence-electron chi connectivity index (χ3n) is 5.19. The number of hydrogen-bond acceptors (Lipinski definition) is 5. The van der Waals surface area contributed by atoms with Crippen LogP contribution in [0.25, 0.3) is 11.1 Å². The molecule has 4 aromatic rings. The van der Waals surface area contributed by atoms with Gasteiger partial charge in [-0.15, -0.1) is 0 Å². The number of thiocarbonyl (C=S) groups is 1. The molecule has 0 saturated heterocycles. The maximum Gasteiger partial charge on any atom is 0.257 e. The predicted molar refractivity (Wildman–Crippen MR) is 129 cm³/mol. The molecule has 7 heteroatoms. The monoisotopic (exact) mass is 445 g/mol. The lowest BCUT2D eigenvalue weighted by molar-refractivity contribution is 0.0977. The molecule has 1 aromatic heterocycles. The molecule has 6 nitrogen and oxygen atoms in total. The number of carbonyl (C=O) groups is 1. The summed E-state index contributed by atoms with van der Waals surface area (Å²) < 4.78 is 11.0. The van der Waals surface area contributed by atoms with E-state index in [1.54, 1.807) is 31.4 Å². The summed E-state index contributed by atoms with van der Waals surface area (Å²) in [5, 5.41) is 5.93. The summed E-state index contributed by atoms with van der Waals surface area (Å²) in [7, 11) is 1.58. The summed E-state index contributed by atoms with van der Waals surface area (Å²) in [5.41, 5.74) is 6.39. The van der Waals surface area contributed by atoms with Gasteiger partial charge in [0.2, 0.25) is 0 Å². The Hall–Kier alpha value is -3.71. The molecule has 1 amide bonds. The Morgan fingerprint density at radius 2 is 1.72 bits per heavy atom. The number of rotatable bonds is 5. The minimum Gasteiger partial charge on any atom is -0.497 e. The third-order valence-corrected chi connectivity index (χ3v) is 5.40. The second-order valence-corrected chi connectivity index (χ2v) is 7.93. The van der Waals surface area contributed by atoms with Crippen LogP contribution in [-0.4, -0.2) is 23.1 Å². The summed E-state index contributed by atoms with van der Waals surface area (Å²) in [6.07, 6.45) is 0.589. The summed E-state index contributed by atoms with van der Waals surface area (Å²) in [6.45, 7) is 4.13. The summed E-state index contributed by atoms with van der Waals surface area (Å²) in [6, 6.07) is 18.6. The minimum atomic E-state index is -0.289. The largest absolute Gasteiger partial charge is 0.497 e. The summed E-state index contributed by atoms with van der Waals surface area (Å²) in [5.74, 6) is 1.07. The first-order valence-corrected chi connectivity index (χ1v) is 10.5. The molecular weight excluding hydrogens is 422 g/mol. The van der Waals surface area contributed by atoms with Crippen molar-refractivity contribution in [3.8, 4) is 5.75 Å². The summed E-state index contributed by atoms with van der Waals surface area (Å²) in [4.78, 5) is 16.9. The molecule has 1 heterocycles. The fourth-order valence-corrected chi connectivity index (χ4v) is 3.47. The SMILES string of the molecule is COc1ccc(C(=O)NC(=S)Nc2ccc(Cc3nc4cc(C)c(C)cc4o3)cc2)cc1. The van der Waals surface area contributed by atoms with E-state index in [1.165, 1.54) is 11.1 Å². The van der Waals surface area contributed by atoms with Gasteiger partial charge in [-0.3, -0.25) is 10.1 Å². The number of nitrogens with zero attached hydrogens (tertiary/aromatic N) is 1. The van der Waals surface area contributed by atoms with Crippen LogP contribution in [0.2, 0.25) is 0 Å². The number of anilines is 1. The normalized spacial score (nSPS) is 10.7. The van der Waals surface area contributed by atoms with Gasteiger partial charge in [0, 0.05) is 17.7 Å². The average Bonchev–Trinajstić information content (AvgIpc) is 3.16. The van der Waals surface area contributed by atoms with Gasteiger partial charge in [-0.05, 0) is 91.3 Å². The smallest absolute Gasteiger partial charge is 0.257 e. The number of carbonyl (C=O) groups excluding carboxylic acids is 1. The molecule has 0 spiro atoms. The molecule has 0 radical (unpaired) electrons. The number of benzene rings is 3. The molecule has 0 saturated carbocycles. The Bertz CT molecular complexity index is 1240. The van der Waals surface area contributed by atoms with Gasteiger partial charge in [0.15, 0.2) is 16.6 Å². The first-order valence-electron chi connectivity index (χ1n) is 10.1. The molecule has 32 heavy (non-hydrogen) atoms. The van der Waals surface area contributed by atoms with Crippen LogP contribution < -0.4 is 15.4 Å². The Morgan fingerprint density at radius 1 is 1.03 bits per heavy atom. The third kappa shape index (κ3) is 4.95. The standard InChI is InChI=1S/C25H23N3O3S/c1-15-12-21-22(13-16(15)2)31-23(27-21)14-17-4-8-19(9-5-17)26-25(32)28-24(29)18-6-10-20(30-3)11-7-18/h4-13H,14H2,1-3H3,(H2,26,28,29,32). The first kappa shape index (κ1) is 21.5. The molecule has 2 N–H and O–H groups in total. The van der Waals surface area contributed by atoms with E-state index in [1.807, 2.05) is 36.4 Å². The lowest BCUT2D eigenvalue weighted by Crippen LogP contribution is -2.34. The van der Waals surface area contributed by atoms with Crippen molar-refractivity contribution in [1.82, 2.24) is 10.3 Å². The van der Waals surface area contributed by atoms with Crippen molar-refractivity contribution in [2.75, 3.05) is 12.4 Å². The lowest BCUT2D eigenvalue weighted by atomic mass is 10.1. The molecule has 4 rings (SSSR count). The second-order valence-electron chi connectivity index (χ2n) is 7.52. The van der Waals surface area contributed by atoms with Gasteiger partial charge in [0.25, 0.3) is 5.91 Å². The first-order chi connectivity index (χ1) is 15.4. The van der Waals surface area contributed by atoms with Crippen molar-refractivity contribution in [2.24, 2.45) is 0 Å². The molecule has 0 atom stereocenters. The molecule has 0 unspecified atom stereocenters. The number of aromatic nitrogens is 1. The zero-order chi connectivity index (χ0) is 22.7. The van der Waals surface area contributed by atoms with Crippen LogP contribution in [0.3, 0.4) is 0 Å². The topological polar surface area (TPSA) is 76.4 Å². The number of nitrogens with one attached hydrogen (secondary N) is 2. The van der Waals surface area contributed by atoms with Crippen molar-refractivity contribution in [1.29, 1.82) is 0 Å². The molecule has 0 bridgehead atoms. The van der Waals surface area contributed by atoms with Crippen molar-refractivity contribution >= 4 is 40.0 Å². The van der Waals surface area contributed by atoms with E-state index < -0.39 is 0 Å². The lowest BCUT2D eigenvalue weighted by Gasteiger charge is -2.10. The Morgan fingerprint density at radius 3 is 2.41 bits per heavy atom. The molecular formula is C25H23N3O3S. The molecule has 0 fully saturated rings. The van der Waals surface area contributed by atoms with Gasteiger partial charge >= 0.3 is 0 Å². The average molecular weight is 446 g/mol. The van der Waals surface area contributed by atoms with Crippen molar-refractivity contribution in [3.05, 3.63) is 88.8 Å². The second kappa shape index (κ2) is 9.20. The Kier molecular flexibility index (Phi) is 6.18. The number of aryl methyl sites for hydroxylation is 2. The minimum absolute atomic E-state index is 0.225. The van der Waals surface area contributed by atoms with Crippen LogP contribution in [-0.2, 0) is 6.42 Å². The number of ether oxygens (including phenoxy) is 1. The van der Waals surface area contributed by atoms with Crippen LogP contribution in [0.15, 0.2) is 65.1 Å². The van der Waals surface area contributed by atoms with Crippen LogP contribution in [0.1, 0.15) is 32.9 Å². The fraction of sp³-hybridized carbons (Fsp3) is 0.160. The van der Waals surface area contributed by atoms with E-state index in [-0.39, 0.29) is 11.0 Å². The van der Waals surface area contributed by atoms with Gasteiger partial charge in [-0.2, -0.15) is 0 Å². The Balaban J connectivity index is 1.36. The van der Waals surface area contributed by atoms with Crippen LogP contribution >= 0.6 is 12.2 Å². The van der Waals surface area contributed by atoms with Gasteiger partial charge in [0.1, 0.15) is 11.3 Å². The van der Waals surface area contributed by atoms with E-state index in [9.17, 15) is 4.79 Å². The highest BCUT2D eigenvalue weighted by Crippen LogP contribution is 2.22. The van der Waals surface area contributed by atoms with Crippen LogP contribution in [0, 0.1) is 13.8 Å². The molecule has 0 aliphatic rings. The Labute approximate surface area is 191 Å². The molecule has 162 valence electrons. The van der Waals surface area contributed by atoms with Gasteiger partial charge in [-0.1, -0.05) is 12.1 Å². The number of amides is 1. The van der Waals surface area contributed by atoms with Gasteiger partial charge < -0.3 is 14.5 Å². The van der Waals surface area contributed by atoms with Gasteiger partial charge in [-0.25, -0.2) is 4.98 Å². The maximum absolute atomic E-state index is 12.3. The van der Waals surface area contributed by atoms with Crippen molar-refractivity contribution < 1.29 is 13.9 Å². The molecule has 3 aromatic carbocycles. The zero-order valence-corrected chi connectivity index (χ0v) is 18.9. The highest BCUT2D eigenvalue weighted by atomic mass is 32.1. The number of methoxy groups -OCH3 is 1. The maximum atomic E-state index is 12.3. The van der Waals surface area contributed by atoms with E-state index in [2.05, 4.69) is 29.5 Å². The van der Waals surface area contributed by atoms with E-state index >= 15 is 0 Å². The number of oxazole rings is 1. The highest BCUT2D eigenvalue weighted by Gasteiger charge is 2.10. The molecule has 0 aliphatic carbocycles. The predicted octanol–water partition coefficient (Wildman–Crippen LogP) is 5.17. The van der Waals surface area contributed by atoms with Crippen molar-refractivity contribution in [2.45, 2.75) is 20.3 Å². The number of fused-ring (bicyclic) bond motifs is 1. The van der Waals surface area contributed by atoms with Crippen LogP contribution in [0.4, 0.5) is 5.69 Å². The molecule has 0 aliphatic heterocycles. The highest BCUT2D eigenvalue weighted by molar-refractivity contribution is 7.80.